The first-order valence-corrected chi connectivity index (χ1v) is 3.99. The maximum Gasteiger partial charge on any atom is 0.416 e. The molecule has 1 heterocycles. The summed E-state index contributed by atoms with van der Waals surface area (Å²) in [6.07, 6.45) is -3.40. The van der Waals surface area contributed by atoms with E-state index in [9.17, 15) is 18.3 Å². The molecule has 6 heteroatoms. The molecule has 0 atom stereocenters. The maximum absolute atomic E-state index is 12.3. The zero-order valence-electron chi connectivity index (χ0n) is 7.28. The highest BCUT2D eigenvalue weighted by molar-refractivity contribution is 5.83. The van der Waals surface area contributed by atoms with Crippen LogP contribution in [0.3, 0.4) is 0 Å². The zero-order chi connectivity index (χ0) is 11.1. The summed E-state index contributed by atoms with van der Waals surface area (Å²) in [7, 11) is 0. The van der Waals surface area contributed by atoms with Gasteiger partial charge in [-0.25, -0.2) is 9.97 Å². The summed E-state index contributed by atoms with van der Waals surface area (Å²) in [4.78, 5) is 7.11. The molecule has 0 unspecified atom stereocenters. The third kappa shape index (κ3) is 1.70. The van der Waals surface area contributed by atoms with Gasteiger partial charge in [0, 0.05) is 0 Å². The Morgan fingerprint density at radius 3 is 2.53 bits per heavy atom. The first kappa shape index (κ1) is 9.70. The highest BCUT2D eigenvalue weighted by Gasteiger charge is 2.30. The number of benzene rings is 1. The van der Waals surface area contributed by atoms with Gasteiger partial charge >= 0.3 is 6.18 Å². The second-order valence-corrected chi connectivity index (χ2v) is 2.93. The van der Waals surface area contributed by atoms with Gasteiger partial charge in [0.15, 0.2) is 0 Å². The maximum atomic E-state index is 12.3. The van der Waals surface area contributed by atoms with Crippen molar-refractivity contribution in [3.63, 3.8) is 0 Å². The lowest BCUT2D eigenvalue weighted by Gasteiger charge is -2.07. The lowest BCUT2D eigenvalue weighted by Crippen LogP contribution is -2.04. The molecule has 3 nitrogen and oxygen atoms in total. The molecule has 0 aliphatic heterocycles. The smallest absolute Gasteiger partial charge is 0.416 e. The minimum atomic E-state index is -4.41. The molecule has 0 bridgehead atoms. The van der Waals surface area contributed by atoms with Gasteiger partial charge in [0.1, 0.15) is 6.33 Å². The fourth-order valence-corrected chi connectivity index (χ4v) is 1.22. The molecule has 1 aromatic heterocycles. The summed E-state index contributed by atoms with van der Waals surface area (Å²) >= 11 is 0. The molecule has 0 aliphatic carbocycles. The monoisotopic (exact) mass is 214 g/mol. The topological polar surface area (TPSA) is 46.0 Å². The van der Waals surface area contributed by atoms with Crippen LogP contribution in [-0.2, 0) is 6.18 Å². The second kappa shape index (κ2) is 3.08. The number of hydrogen-bond acceptors (Lipinski definition) is 3. The van der Waals surface area contributed by atoms with Crippen LogP contribution in [0.15, 0.2) is 24.5 Å². The SMILES string of the molecule is Oc1ncnc2cc(C(F)(F)F)ccc12. The number of rotatable bonds is 0. The molecular formula is C9H5F3N2O. The van der Waals surface area contributed by atoms with E-state index in [0.29, 0.717) is 0 Å². The minimum Gasteiger partial charge on any atom is -0.493 e. The van der Waals surface area contributed by atoms with Gasteiger partial charge in [-0.2, -0.15) is 13.2 Å². The first-order chi connectivity index (χ1) is 6.98. The van der Waals surface area contributed by atoms with Gasteiger partial charge in [0.25, 0.3) is 0 Å². The van der Waals surface area contributed by atoms with Gasteiger partial charge in [-0.15, -0.1) is 0 Å². The van der Waals surface area contributed by atoms with Crippen LogP contribution in [-0.4, -0.2) is 15.1 Å². The Bertz CT molecular complexity index is 510. The van der Waals surface area contributed by atoms with E-state index >= 15 is 0 Å². The Balaban J connectivity index is 2.68. The second-order valence-electron chi connectivity index (χ2n) is 2.93. The molecular weight excluding hydrogens is 209 g/mol. The van der Waals surface area contributed by atoms with Crippen molar-refractivity contribution in [3.05, 3.63) is 30.1 Å². The van der Waals surface area contributed by atoms with E-state index in [1.54, 1.807) is 0 Å². The van der Waals surface area contributed by atoms with Crippen LogP contribution in [0, 0.1) is 0 Å². The van der Waals surface area contributed by atoms with E-state index in [-0.39, 0.29) is 16.8 Å². The molecule has 0 fully saturated rings. The number of aromatic nitrogens is 2. The van der Waals surface area contributed by atoms with E-state index in [1.807, 2.05) is 0 Å². The Labute approximate surface area is 82.2 Å². The van der Waals surface area contributed by atoms with Crippen molar-refractivity contribution >= 4 is 10.9 Å². The van der Waals surface area contributed by atoms with Crippen LogP contribution in [0.5, 0.6) is 5.88 Å². The molecule has 15 heavy (non-hydrogen) atoms. The Morgan fingerprint density at radius 1 is 1.13 bits per heavy atom. The van der Waals surface area contributed by atoms with E-state index in [0.717, 1.165) is 24.5 Å². The van der Waals surface area contributed by atoms with E-state index in [2.05, 4.69) is 9.97 Å². The highest BCUT2D eigenvalue weighted by atomic mass is 19.4. The average Bonchev–Trinajstić information content (AvgIpc) is 2.16. The van der Waals surface area contributed by atoms with Gasteiger partial charge < -0.3 is 5.11 Å². The predicted octanol–water partition coefficient (Wildman–Crippen LogP) is 2.35. The summed E-state index contributed by atoms with van der Waals surface area (Å²) in [5.41, 5.74) is -0.731. The third-order valence-electron chi connectivity index (χ3n) is 1.94. The number of aromatic hydroxyl groups is 1. The zero-order valence-corrected chi connectivity index (χ0v) is 7.28. The molecule has 78 valence electrons. The fourth-order valence-electron chi connectivity index (χ4n) is 1.22. The summed E-state index contributed by atoms with van der Waals surface area (Å²) in [5, 5.41) is 9.43. The molecule has 0 radical (unpaired) electrons. The summed E-state index contributed by atoms with van der Waals surface area (Å²) < 4.78 is 36.9. The van der Waals surface area contributed by atoms with Gasteiger partial charge in [0.2, 0.25) is 5.88 Å². The number of alkyl halides is 3. The molecule has 0 saturated carbocycles. The average molecular weight is 214 g/mol. The quantitative estimate of drug-likeness (QED) is 0.732. The fraction of sp³-hybridized carbons (Fsp3) is 0.111. The van der Waals surface area contributed by atoms with Crippen LogP contribution in [0.1, 0.15) is 5.56 Å². The van der Waals surface area contributed by atoms with Crippen LogP contribution >= 0.6 is 0 Å². The normalized spacial score (nSPS) is 11.9. The largest absolute Gasteiger partial charge is 0.493 e. The van der Waals surface area contributed by atoms with Crippen LogP contribution in [0.25, 0.3) is 10.9 Å². The standard InChI is InChI=1S/C9H5F3N2O/c10-9(11,12)5-1-2-6-7(3-5)13-4-14-8(6)15/h1-4H,(H,13,14,15). The van der Waals surface area contributed by atoms with Crippen molar-refractivity contribution in [2.75, 3.05) is 0 Å². The molecule has 0 spiro atoms. The van der Waals surface area contributed by atoms with Crippen LogP contribution in [0.4, 0.5) is 13.2 Å². The molecule has 0 saturated heterocycles. The number of hydrogen-bond donors (Lipinski definition) is 1. The van der Waals surface area contributed by atoms with Gasteiger partial charge in [-0.1, -0.05) is 0 Å². The Kier molecular flexibility index (Phi) is 1.99. The Morgan fingerprint density at radius 2 is 1.87 bits per heavy atom. The lowest BCUT2D eigenvalue weighted by atomic mass is 10.1. The van der Waals surface area contributed by atoms with Crippen molar-refractivity contribution in [3.8, 4) is 5.88 Å². The van der Waals surface area contributed by atoms with E-state index in [1.165, 1.54) is 0 Å². The summed E-state index contributed by atoms with van der Waals surface area (Å²) in [6, 6.07) is 2.90. The van der Waals surface area contributed by atoms with Gasteiger partial charge in [0.05, 0.1) is 16.5 Å². The van der Waals surface area contributed by atoms with E-state index < -0.39 is 11.7 Å². The van der Waals surface area contributed by atoms with Crippen molar-refractivity contribution in [2.24, 2.45) is 0 Å². The van der Waals surface area contributed by atoms with E-state index in [4.69, 9.17) is 0 Å². The minimum absolute atomic E-state index is 0.0670. The van der Waals surface area contributed by atoms with Crippen molar-refractivity contribution < 1.29 is 18.3 Å². The number of fused-ring (bicyclic) bond motifs is 1. The van der Waals surface area contributed by atoms with Crippen LogP contribution < -0.4 is 0 Å². The summed E-state index contributed by atoms with van der Waals surface area (Å²) in [5.74, 6) is -0.325. The van der Waals surface area contributed by atoms with Crippen molar-refractivity contribution in [2.45, 2.75) is 6.18 Å². The summed E-state index contributed by atoms with van der Waals surface area (Å²) in [6.45, 7) is 0. The van der Waals surface area contributed by atoms with Crippen molar-refractivity contribution in [1.82, 2.24) is 9.97 Å². The lowest BCUT2D eigenvalue weighted by molar-refractivity contribution is -0.137. The first-order valence-electron chi connectivity index (χ1n) is 3.99. The van der Waals surface area contributed by atoms with Crippen LogP contribution in [0.2, 0.25) is 0 Å². The molecule has 2 aromatic rings. The molecule has 0 amide bonds. The van der Waals surface area contributed by atoms with Gasteiger partial charge in [-0.3, -0.25) is 0 Å². The predicted molar refractivity (Wildman–Crippen MR) is 46.2 cm³/mol. The molecule has 1 N–H and O–H groups in total. The molecule has 2 rings (SSSR count). The highest BCUT2D eigenvalue weighted by Crippen LogP contribution is 2.32. The number of halogens is 3. The molecule has 1 aromatic carbocycles. The molecule has 0 aliphatic rings. The number of nitrogens with zero attached hydrogens (tertiary/aromatic N) is 2. The van der Waals surface area contributed by atoms with Gasteiger partial charge in [-0.05, 0) is 18.2 Å². The Hall–Kier alpha value is -1.85. The van der Waals surface area contributed by atoms with Crippen molar-refractivity contribution in [1.29, 1.82) is 0 Å². The third-order valence-corrected chi connectivity index (χ3v) is 1.94.